The van der Waals surface area contributed by atoms with Gasteiger partial charge in [0.25, 0.3) is 0 Å². The van der Waals surface area contributed by atoms with Gasteiger partial charge in [-0.3, -0.25) is 9.67 Å². The van der Waals surface area contributed by atoms with Crippen molar-refractivity contribution in [3.05, 3.63) is 48.0 Å². The van der Waals surface area contributed by atoms with E-state index in [9.17, 15) is 0 Å². The van der Waals surface area contributed by atoms with Gasteiger partial charge < -0.3 is 10.2 Å². The van der Waals surface area contributed by atoms with Crippen LogP contribution in [0.1, 0.15) is 38.1 Å². The summed E-state index contributed by atoms with van der Waals surface area (Å²) in [6.07, 6.45) is 3.73. The molecular formula is C19H30N6. The predicted octanol–water partition coefficient (Wildman–Crippen LogP) is 2.58. The van der Waals surface area contributed by atoms with Crippen molar-refractivity contribution in [1.29, 1.82) is 0 Å². The monoisotopic (exact) mass is 342 g/mol. The number of nitrogens with zero attached hydrogens (tertiary/aromatic N) is 5. The predicted molar refractivity (Wildman–Crippen MR) is 103 cm³/mol. The van der Waals surface area contributed by atoms with Crippen molar-refractivity contribution in [2.45, 2.75) is 38.6 Å². The summed E-state index contributed by atoms with van der Waals surface area (Å²) < 4.78 is 1.79. The first kappa shape index (κ1) is 19.0. The lowest BCUT2D eigenvalue weighted by Gasteiger charge is -2.34. The Kier molecular flexibility index (Phi) is 6.56. The van der Waals surface area contributed by atoms with Crippen LogP contribution in [0.2, 0.25) is 0 Å². The van der Waals surface area contributed by atoms with E-state index in [1.165, 1.54) is 5.56 Å². The second kappa shape index (κ2) is 8.65. The molecule has 0 bridgehead atoms. The fourth-order valence-electron chi connectivity index (χ4n) is 3.19. The highest BCUT2D eigenvalue weighted by molar-refractivity contribution is 5.79. The van der Waals surface area contributed by atoms with Crippen LogP contribution in [0, 0.1) is 0 Å². The maximum absolute atomic E-state index is 4.44. The standard InChI is InChI=1S/C19H30N6/c1-6-19(7-2,16-11-9-8-10-12-16)14-21-18(20-3)24(4)13-17-22-15-23-25(17)5/h8-12,15H,6-7,13-14H2,1-5H3,(H,20,21). The van der Waals surface area contributed by atoms with Gasteiger partial charge in [0.1, 0.15) is 12.2 Å². The first-order valence-electron chi connectivity index (χ1n) is 8.86. The maximum atomic E-state index is 4.44. The normalized spacial score (nSPS) is 12.3. The number of aromatic nitrogens is 3. The minimum absolute atomic E-state index is 0.100. The maximum Gasteiger partial charge on any atom is 0.193 e. The quantitative estimate of drug-likeness (QED) is 0.621. The summed E-state index contributed by atoms with van der Waals surface area (Å²) in [5.74, 6) is 1.77. The molecule has 1 heterocycles. The Morgan fingerprint density at radius 1 is 1.24 bits per heavy atom. The largest absolute Gasteiger partial charge is 0.355 e. The summed E-state index contributed by atoms with van der Waals surface area (Å²) in [6, 6.07) is 10.7. The van der Waals surface area contributed by atoms with Crippen molar-refractivity contribution in [1.82, 2.24) is 25.0 Å². The van der Waals surface area contributed by atoms with Crippen LogP contribution in [0.4, 0.5) is 0 Å². The van der Waals surface area contributed by atoms with E-state index in [4.69, 9.17) is 0 Å². The van der Waals surface area contributed by atoms with Crippen LogP contribution in [-0.2, 0) is 19.0 Å². The molecule has 136 valence electrons. The molecule has 2 rings (SSSR count). The average Bonchev–Trinajstić information content (AvgIpc) is 3.04. The molecule has 0 saturated carbocycles. The lowest BCUT2D eigenvalue weighted by Crippen LogP contribution is -2.46. The number of aliphatic imine (C=N–C) groups is 1. The van der Waals surface area contributed by atoms with Gasteiger partial charge in [0.2, 0.25) is 0 Å². The zero-order valence-electron chi connectivity index (χ0n) is 16.0. The molecule has 0 aliphatic heterocycles. The van der Waals surface area contributed by atoms with Crippen LogP contribution in [-0.4, -0.2) is 46.3 Å². The van der Waals surface area contributed by atoms with E-state index in [1.807, 2.05) is 21.1 Å². The molecule has 0 aliphatic carbocycles. The number of hydrogen-bond acceptors (Lipinski definition) is 3. The molecule has 0 aliphatic rings. The molecule has 0 atom stereocenters. The van der Waals surface area contributed by atoms with E-state index in [0.29, 0.717) is 6.54 Å². The minimum Gasteiger partial charge on any atom is -0.355 e. The van der Waals surface area contributed by atoms with Crippen LogP contribution in [0.5, 0.6) is 0 Å². The summed E-state index contributed by atoms with van der Waals surface area (Å²) in [4.78, 5) is 10.8. The van der Waals surface area contributed by atoms with Gasteiger partial charge in [0, 0.05) is 33.1 Å². The van der Waals surface area contributed by atoms with Gasteiger partial charge in [0.15, 0.2) is 5.96 Å². The first-order chi connectivity index (χ1) is 12.1. The minimum atomic E-state index is 0.100. The fourth-order valence-corrected chi connectivity index (χ4v) is 3.19. The Bertz CT molecular complexity index is 672. The lowest BCUT2D eigenvalue weighted by molar-refractivity contribution is 0.375. The second-order valence-corrected chi connectivity index (χ2v) is 6.41. The molecule has 0 radical (unpaired) electrons. The fraction of sp³-hybridized carbons (Fsp3) is 0.526. The zero-order valence-corrected chi connectivity index (χ0v) is 16.0. The van der Waals surface area contributed by atoms with E-state index in [2.05, 4.69) is 69.5 Å². The molecule has 0 fully saturated rings. The van der Waals surface area contributed by atoms with Gasteiger partial charge >= 0.3 is 0 Å². The van der Waals surface area contributed by atoms with Crippen LogP contribution in [0.15, 0.2) is 41.7 Å². The summed E-state index contributed by atoms with van der Waals surface area (Å²) >= 11 is 0. The van der Waals surface area contributed by atoms with Gasteiger partial charge in [-0.05, 0) is 18.4 Å². The Balaban J connectivity index is 2.08. The van der Waals surface area contributed by atoms with Crippen molar-refractivity contribution in [3.63, 3.8) is 0 Å². The number of guanidine groups is 1. The molecule has 1 aromatic heterocycles. The van der Waals surface area contributed by atoms with Crippen LogP contribution >= 0.6 is 0 Å². The first-order valence-corrected chi connectivity index (χ1v) is 8.86. The molecular weight excluding hydrogens is 312 g/mol. The molecule has 2 aromatic rings. The summed E-state index contributed by atoms with van der Waals surface area (Å²) in [5.41, 5.74) is 1.47. The van der Waals surface area contributed by atoms with Crippen molar-refractivity contribution in [2.75, 3.05) is 20.6 Å². The third-order valence-corrected chi connectivity index (χ3v) is 5.08. The Morgan fingerprint density at radius 2 is 1.92 bits per heavy atom. The van der Waals surface area contributed by atoms with Crippen molar-refractivity contribution in [3.8, 4) is 0 Å². The van der Waals surface area contributed by atoms with E-state index < -0.39 is 0 Å². The second-order valence-electron chi connectivity index (χ2n) is 6.41. The topological polar surface area (TPSA) is 58.3 Å². The third kappa shape index (κ3) is 4.38. The SMILES string of the molecule is CCC(CC)(CNC(=NC)N(C)Cc1ncnn1C)c1ccccc1. The number of benzene rings is 1. The molecule has 1 N–H and O–H groups in total. The smallest absolute Gasteiger partial charge is 0.193 e. The molecule has 0 saturated heterocycles. The van der Waals surface area contributed by atoms with E-state index in [1.54, 1.807) is 11.0 Å². The highest BCUT2D eigenvalue weighted by Crippen LogP contribution is 2.30. The van der Waals surface area contributed by atoms with Crippen LogP contribution in [0.3, 0.4) is 0 Å². The Labute approximate surface area is 151 Å². The molecule has 25 heavy (non-hydrogen) atoms. The lowest BCUT2D eigenvalue weighted by atomic mass is 9.76. The number of nitrogens with one attached hydrogen (secondary N) is 1. The number of rotatable bonds is 7. The summed E-state index contributed by atoms with van der Waals surface area (Å²) in [5, 5.41) is 7.69. The molecule has 0 amide bonds. The summed E-state index contributed by atoms with van der Waals surface area (Å²) in [7, 11) is 5.74. The molecule has 6 heteroatoms. The Hall–Kier alpha value is -2.37. The Morgan fingerprint density at radius 3 is 2.44 bits per heavy atom. The van der Waals surface area contributed by atoms with Gasteiger partial charge in [-0.15, -0.1) is 0 Å². The molecule has 1 aromatic carbocycles. The van der Waals surface area contributed by atoms with Crippen molar-refractivity contribution >= 4 is 5.96 Å². The highest BCUT2D eigenvalue weighted by Gasteiger charge is 2.28. The molecule has 0 unspecified atom stereocenters. The van der Waals surface area contributed by atoms with Crippen LogP contribution < -0.4 is 5.32 Å². The van der Waals surface area contributed by atoms with E-state index in [0.717, 1.165) is 31.2 Å². The molecule has 0 spiro atoms. The van der Waals surface area contributed by atoms with Crippen LogP contribution in [0.25, 0.3) is 0 Å². The average molecular weight is 342 g/mol. The van der Waals surface area contributed by atoms with E-state index in [-0.39, 0.29) is 5.41 Å². The van der Waals surface area contributed by atoms with Gasteiger partial charge in [-0.25, -0.2) is 4.98 Å². The number of aryl methyl sites for hydroxylation is 1. The van der Waals surface area contributed by atoms with Crippen molar-refractivity contribution in [2.24, 2.45) is 12.0 Å². The third-order valence-electron chi connectivity index (χ3n) is 5.08. The van der Waals surface area contributed by atoms with E-state index >= 15 is 0 Å². The summed E-state index contributed by atoms with van der Waals surface area (Å²) in [6.45, 7) is 6.01. The molecule has 6 nitrogen and oxygen atoms in total. The highest BCUT2D eigenvalue weighted by atomic mass is 15.4. The van der Waals surface area contributed by atoms with Gasteiger partial charge in [0.05, 0.1) is 6.54 Å². The number of hydrogen-bond donors (Lipinski definition) is 1. The zero-order chi connectivity index (χ0) is 18.3. The van der Waals surface area contributed by atoms with Gasteiger partial charge in [-0.2, -0.15) is 5.10 Å². The van der Waals surface area contributed by atoms with Crippen molar-refractivity contribution < 1.29 is 0 Å². The van der Waals surface area contributed by atoms with Gasteiger partial charge in [-0.1, -0.05) is 44.2 Å².